The van der Waals surface area contributed by atoms with E-state index >= 15 is 0 Å². The van der Waals surface area contributed by atoms with E-state index in [2.05, 4.69) is 48.5 Å². The fraction of sp³-hybridized carbons (Fsp3) is 1.00. The van der Waals surface area contributed by atoms with Crippen molar-refractivity contribution in [2.24, 2.45) is 23.2 Å². The largest absolute Gasteiger partial charge is 0.0651 e. The van der Waals surface area contributed by atoms with Crippen LogP contribution in [0.1, 0.15) is 61.3 Å². The molecule has 0 radical (unpaired) electrons. The maximum Gasteiger partial charge on any atom is -0.0314 e. The molecule has 0 amide bonds. The topological polar surface area (TPSA) is 0 Å². The van der Waals surface area contributed by atoms with Crippen molar-refractivity contribution in [3.63, 3.8) is 0 Å². The van der Waals surface area contributed by atoms with Gasteiger partial charge in [-0.25, -0.2) is 0 Å². The van der Waals surface area contributed by atoms with Crippen molar-refractivity contribution in [1.29, 1.82) is 0 Å². The van der Waals surface area contributed by atoms with Gasteiger partial charge in [-0.1, -0.05) is 61.3 Å². The van der Waals surface area contributed by atoms with Crippen LogP contribution in [0.3, 0.4) is 0 Å². The Hall–Kier alpha value is 0. The molecule has 0 fully saturated rings. The van der Waals surface area contributed by atoms with Gasteiger partial charge in [-0.2, -0.15) is 0 Å². The molecule has 0 nitrogen and oxygen atoms in total. The second kappa shape index (κ2) is 5.02. The second-order valence-corrected chi connectivity index (χ2v) is 5.50. The summed E-state index contributed by atoms with van der Waals surface area (Å²) in [6.07, 6.45) is 2.60. The standard InChI is InChI=1S/C13H28/c1-8-11(5)12(10(3)4)13(6,7)9-2/h10-12H,8-9H2,1-7H3. The summed E-state index contributed by atoms with van der Waals surface area (Å²) >= 11 is 0. The molecule has 0 aromatic heterocycles. The Balaban J connectivity index is 4.60. The highest BCUT2D eigenvalue weighted by molar-refractivity contribution is 4.82. The third-order valence-electron chi connectivity index (χ3n) is 3.79. The van der Waals surface area contributed by atoms with Gasteiger partial charge < -0.3 is 0 Å². The molecule has 0 aliphatic heterocycles. The summed E-state index contributed by atoms with van der Waals surface area (Å²) in [7, 11) is 0. The first-order chi connectivity index (χ1) is 5.86. The van der Waals surface area contributed by atoms with Crippen molar-refractivity contribution in [2.75, 3.05) is 0 Å². The number of hydrogen-bond acceptors (Lipinski definition) is 0. The molecule has 0 heteroatoms. The molecular formula is C13H28. The average Bonchev–Trinajstić information content (AvgIpc) is 2.03. The molecule has 0 aliphatic carbocycles. The SMILES string of the molecule is CCC(C)C(C(C)C)C(C)(C)CC. The minimum absolute atomic E-state index is 0.504. The summed E-state index contributed by atoms with van der Waals surface area (Å²) in [4.78, 5) is 0. The highest BCUT2D eigenvalue weighted by atomic mass is 14.4. The predicted molar refractivity (Wildman–Crippen MR) is 61.9 cm³/mol. The van der Waals surface area contributed by atoms with Gasteiger partial charge in [0, 0.05) is 0 Å². The molecule has 0 aromatic rings. The molecule has 0 rings (SSSR count). The highest BCUT2D eigenvalue weighted by Crippen LogP contribution is 2.41. The van der Waals surface area contributed by atoms with E-state index in [9.17, 15) is 0 Å². The van der Waals surface area contributed by atoms with Crippen LogP contribution in [0.15, 0.2) is 0 Å². The minimum atomic E-state index is 0.504. The van der Waals surface area contributed by atoms with E-state index in [0.29, 0.717) is 5.41 Å². The van der Waals surface area contributed by atoms with Crippen molar-refractivity contribution in [2.45, 2.75) is 61.3 Å². The van der Waals surface area contributed by atoms with Crippen LogP contribution >= 0.6 is 0 Å². The molecule has 80 valence electrons. The van der Waals surface area contributed by atoms with Crippen molar-refractivity contribution in [3.8, 4) is 0 Å². The molecule has 0 heterocycles. The fourth-order valence-electron chi connectivity index (χ4n) is 2.82. The molecule has 0 saturated carbocycles. The average molecular weight is 184 g/mol. The van der Waals surface area contributed by atoms with E-state index in [1.807, 2.05) is 0 Å². The van der Waals surface area contributed by atoms with Gasteiger partial charge in [0.2, 0.25) is 0 Å². The molecular weight excluding hydrogens is 156 g/mol. The van der Waals surface area contributed by atoms with Crippen LogP contribution in [-0.4, -0.2) is 0 Å². The Morgan fingerprint density at radius 3 is 1.69 bits per heavy atom. The molecule has 2 atom stereocenters. The van der Waals surface area contributed by atoms with Crippen LogP contribution in [-0.2, 0) is 0 Å². The predicted octanol–water partition coefficient (Wildman–Crippen LogP) is 4.74. The summed E-state index contributed by atoms with van der Waals surface area (Å²) in [5.74, 6) is 2.53. The summed E-state index contributed by atoms with van der Waals surface area (Å²) in [6, 6.07) is 0. The normalized spacial score (nSPS) is 17.5. The van der Waals surface area contributed by atoms with Gasteiger partial charge >= 0.3 is 0 Å². The maximum atomic E-state index is 2.42. The Morgan fingerprint density at radius 2 is 1.46 bits per heavy atom. The lowest BCUT2D eigenvalue weighted by molar-refractivity contribution is 0.0905. The zero-order chi connectivity index (χ0) is 10.6. The first-order valence-electron chi connectivity index (χ1n) is 5.86. The van der Waals surface area contributed by atoms with Gasteiger partial charge in [0.1, 0.15) is 0 Å². The van der Waals surface area contributed by atoms with Crippen molar-refractivity contribution in [1.82, 2.24) is 0 Å². The van der Waals surface area contributed by atoms with Gasteiger partial charge in [0.15, 0.2) is 0 Å². The number of hydrogen-bond donors (Lipinski definition) is 0. The molecule has 2 unspecified atom stereocenters. The van der Waals surface area contributed by atoms with Crippen LogP contribution in [0.2, 0.25) is 0 Å². The summed E-state index contributed by atoms with van der Waals surface area (Å²) < 4.78 is 0. The zero-order valence-corrected chi connectivity index (χ0v) is 10.6. The Kier molecular flexibility index (Phi) is 5.02. The fourth-order valence-corrected chi connectivity index (χ4v) is 2.82. The molecule has 0 saturated heterocycles. The second-order valence-electron chi connectivity index (χ2n) is 5.50. The first-order valence-corrected chi connectivity index (χ1v) is 5.86. The van der Waals surface area contributed by atoms with E-state index in [0.717, 1.165) is 17.8 Å². The van der Waals surface area contributed by atoms with Crippen molar-refractivity contribution < 1.29 is 0 Å². The molecule has 0 N–H and O–H groups in total. The van der Waals surface area contributed by atoms with Gasteiger partial charge in [-0.3, -0.25) is 0 Å². The van der Waals surface area contributed by atoms with E-state index < -0.39 is 0 Å². The zero-order valence-electron chi connectivity index (χ0n) is 10.6. The van der Waals surface area contributed by atoms with Gasteiger partial charge in [0.05, 0.1) is 0 Å². The van der Waals surface area contributed by atoms with Crippen LogP contribution in [0, 0.1) is 23.2 Å². The van der Waals surface area contributed by atoms with Gasteiger partial charge in [-0.15, -0.1) is 0 Å². The Morgan fingerprint density at radius 1 is 1.00 bits per heavy atom. The lowest BCUT2D eigenvalue weighted by Gasteiger charge is -2.40. The first kappa shape index (κ1) is 13.0. The molecule has 0 spiro atoms. The Labute approximate surface area is 85.1 Å². The molecule has 0 aromatic carbocycles. The highest BCUT2D eigenvalue weighted by Gasteiger charge is 2.33. The maximum absolute atomic E-state index is 2.42. The van der Waals surface area contributed by atoms with E-state index in [-0.39, 0.29) is 0 Å². The lowest BCUT2D eigenvalue weighted by Crippen LogP contribution is -2.32. The lowest BCUT2D eigenvalue weighted by atomic mass is 9.65. The molecule has 13 heavy (non-hydrogen) atoms. The Bertz CT molecular complexity index is 133. The van der Waals surface area contributed by atoms with Crippen molar-refractivity contribution >= 4 is 0 Å². The third-order valence-corrected chi connectivity index (χ3v) is 3.79. The smallest absolute Gasteiger partial charge is 0.0314 e. The summed E-state index contributed by atoms with van der Waals surface area (Å²) in [5, 5.41) is 0. The molecule has 0 bridgehead atoms. The quantitative estimate of drug-likeness (QED) is 0.579. The minimum Gasteiger partial charge on any atom is -0.0651 e. The van der Waals surface area contributed by atoms with E-state index in [4.69, 9.17) is 0 Å². The van der Waals surface area contributed by atoms with Crippen LogP contribution in [0.4, 0.5) is 0 Å². The van der Waals surface area contributed by atoms with Crippen LogP contribution in [0.5, 0.6) is 0 Å². The molecule has 0 aliphatic rings. The van der Waals surface area contributed by atoms with Crippen LogP contribution < -0.4 is 0 Å². The van der Waals surface area contributed by atoms with Crippen LogP contribution in [0.25, 0.3) is 0 Å². The third kappa shape index (κ3) is 3.32. The van der Waals surface area contributed by atoms with Crippen molar-refractivity contribution in [3.05, 3.63) is 0 Å². The summed E-state index contributed by atoms with van der Waals surface area (Å²) in [5.41, 5.74) is 0.504. The van der Waals surface area contributed by atoms with E-state index in [1.54, 1.807) is 0 Å². The monoisotopic (exact) mass is 184 g/mol. The van der Waals surface area contributed by atoms with Gasteiger partial charge in [0.25, 0.3) is 0 Å². The van der Waals surface area contributed by atoms with Gasteiger partial charge in [-0.05, 0) is 23.2 Å². The number of rotatable bonds is 5. The van der Waals surface area contributed by atoms with E-state index in [1.165, 1.54) is 12.8 Å². The summed E-state index contributed by atoms with van der Waals surface area (Å²) in [6.45, 7) is 16.6.